The van der Waals surface area contributed by atoms with Gasteiger partial charge >= 0.3 is 5.97 Å². The molecule has 7 heteroatoms. The molecule has 0 saturated carbocycles. The van der Waals surface area contributed by atoms with Crippen LogP contribution in [0.15, 0.2) is 12.7 Å². The summed E-state index contributed by atoms with van der Waals surface area (Å²) in [4.78, 5) is 23.9. The molecular weight excluding hydrogens is 258 g/mol. The summed E-state index contributed by atoms with van der Waals surface area (Å²) in [7, 11) is 0. The number of nitrogens with one attached hydrogen (secondary N) is 1. The fourth-order valence-electron chi connectivity index (χ4n) is 2.05. The fraction of sp³-hybridized carbons (Fsp3) is 0.538. The van der Waals surface area contributed by atoms with E-state index >= 15 is 0 Å². The molecule has 0 saturated heterocycles. The number of aliphatic carboxylic acids is 1. The Labute approximate surface area is 117 Å². The van der Waals surface area contributed by atoms with Crippen LogP contribution >= 0.6 is 0 Å². The molecular formula is C13H19N5O2. The van der Waals surface area contributed by atoms with Gasteiger partial charge in [-0.2, -0.15) is 0 Å². The molecule has 7 nitrogen and oxygen atoms in total. The van der Waals surface area contributed by atoms with E-state index in [0.29, 0.717) is 23.4 Å². The molecule has 20 heavy (non-hydrogen) atoms. The van der Waals surface area contributed by atoms with Gasteiger partial charge in [-0.25, -0.2) is 19.7 Å². The lowest BCUT2D eigenvalue weighted by atomic mass is 10.1. The molecule has 0 aliphatic heterocycles. The molecule has 0 fully saturated rings. The number of carboxylic acids is 1. The molecule has 0 spiro atoms. The summed E-state index contributed by atoms with van der Waals surface area (Å²) < 4.78 is 1.89. The maximum Gasteiger partial charge on any atom is 0.326 e. The van der Waals surface area contributed by atoms with Crippen molar-refractivity contribution >= 4 is 23.0 Å². The van der Waals surface area contributed by atoms with Crippen molar-refractivity contribution in [3.63, 3.8) is 0 Å². The fourth-order valence-corrected chi connectivity index (χ4v) is 2.05. The van der Waals surface area contributed by atoms with Crippen LogP contribution in [0, 0.1) is 0 Å². The minimum atomic E-state index is -0.875. The van der Waals surface area contributed by atoms with Gasteiger partial charge in [0.1, 0.15) is 17.9 Å². The van der Waals surface area contributed by atoms with Gasteiger partial charge in [-0.15, -0.1) is 0 Å². The van der Waals surface area contributed by atoms with Crippen molar-refractivity contribution in [3.05, 3.63) is 12.7 Å². The van der Waals surface area contributed by atoms with E-state index in [4.69, 9.17) is 0 Å². The normalized spacial score (nSPS) is 12.5. The quantitative estimate of drug-likeness (QED) is 0.803. The third-order valence-corrected chi connectivity index (χ3v) is 3.20. The predicted molar refractivity (Wildman–Crippen MR) is 75.6 cm³/mol. The molecule has 0 aliphatic rings. The van der Waals surface area contributed by atoms with Gasteiger partial charge < -0.3 is 15.0 Å². The van der Waals surface area contributed by atoms with Crippen LogP contribution in [-0.2, 0) is 11.3 Å². The first-order chi connectivity index (χ1) is 9.67. The largest absolute Gasteiger partial charge is 0.480 e. The molecule has 0 radical (unpaired) electrons. The number of rotatable bonds is 7. The first-order valence-electron chi connectivity index (χ1n) is 6.82. The minimum Gasteiger partial charge on any atom is -0.480 e. The van der Waals surface area contributed by atoms with Gasteiger partial charge in [-0.3, -0.25) is 0 Å². The number of unbranched alkanes of at least 4 members (excludes halogenated alkanes) is 1. The number of imidazole rings is 1. The monoisotopic (exact) mass is 277 g/mol. The SMILES string of the molecule is CCCC[C@H](Nc1ncnc2c1ncn2CC)C(=O)O. The van der Waals surface area contributed by atoms with E-state index < -0.39 is 12.0 Å². The standard InChI is InChI=1S/C13H19N5O2/c1-3-5-6-9(13(19)20)17-11-10-12(15-7-14-11)18(4-2)8-16-10/h7-9H,3-6H2,1-2H3,(H,19,20)(H,14,15,17)/t9-/m0/s1. The Hall–Kier alpha value is -2.18. The molecule has 2 aromatic rings. The molecule has 108 valence electrons. The first kappa shape index (κ1) is 14.2. The lowest BCUT2D eigenvalue weighted by Gasteiger charge is -2.14. The minimum absolute atomic E-state index is 0.478. The summed E-state index contributed by atoms with van der Waals surface area (Å²) in [5.41, 5.74) is 1.32. The second-order valence-corrected chi connectivity index (χ2v) is 4.60. The summed E-state index contributed by atoms with van der Waals surface area (Å²) in [5.74, 6) is -0.397. The van der Waals surface area contributed by atoms with Gasteiger partial charge in [-0.1, -0.05) is 19.8 Å². The van der Waals surface area contributed by atoms with Gasteiger partial charge in [0.25, 0.3) is 0 Å². The Morgan fingerprint density at radius 1 is 1.40 bits per heavy atom. The van der Waals surface area contributed by atoms with Crippen molar-refractivity contribution in [2.24, 2.45) is 0 Å². The highest BCUT2D eigenvalue weighted by atomic mass is 16.4. The van der Waals surface area contributed by atoms with Gasteiger partial charge in [0, 0.05) is 6.54 Å². The number of carbonyl (C=O) groups is 1. The highest BCUT2D eigenvalue weighted by molar-refractivity contribution is 5.86. The van der Waals surface area contributed by atoms with E-state index in [1.165, 1.54) is 6.33 Å². The zero-order chi connectivity index (χ0) is 14.5. The molecule has 2 rings (SSSR count). The molecule has 0 amide bonds. The predicted octanol–water partition coefficient (Wildman–Crippen LogP) is 1.90. The summed E-state index contributed by atoms with van der Waals surface area (Å²) in [5, 5.41) is 12.2. The Kier molecular flexibility index (Phi) is 4.49. The van der Waals surface area contributed by atoms with Crippen molar-refractivity contribution in [3.8, 4) is 0 Å². The lowest BCUT2D eigenvalue weighted by molar-refractivity contribution is -0.138. The molecule has 0 aliphatic carbocycles. The molecule has 2 N–H and O–H groups in total. The van der Waals surface area contributed by atoms with E-state index in [2.05, 4.69) is 20.3 Å². The lowest BCUT2D eigenvalue weighted by Crippen LogP contribution is -2.29. The van der Waals surface area contributed by atoms with E-state index in [-0.39, 0.29) is 0 Å². The zero-order valence-electron chi connectivity index (χ0n) is 11.7. The topological polar surface area (TPSA) is 92.9 Å². The van der Waals surface area contributed by atoms with Crippen LogP contribution in [0.3, 0.4) is 0 Å². The number of hydrogen-bond donors (Lipinski definition) is 2. The van der Waals surface area contributed by atoms with Gasteiger partial charge in [-0.05, 0) is 13.3 Å². The molecule has 0 bridgehead atoms. The van der Waals surface area contributed by atoms with Crippen LogP contribution in [0.25, 0.3) is 11.2 Å². The first-order valence-corrected chi connectivity index (χ1v) is 6.82. The van der Waals surface area contributed by atoms with Crippen molar-refractivity contribution in [1.29, 1.82) is 0 Å². The average molecular weight is 277 g/mol. The number of aryl methyl sites for hydroxylation is 1. The Bertz CT molecular complexity index is 595. The van der Waals surface area contributed by atoms with Crippen molar-refractivity contribution in [2.45, 2.75) is 45.7 Å². The zero-order valence-corrected chi connectivity index (χ0v) is 11.7. The van der Waals surface area contributed by atoms with Crippen molar-refractivity contribution in [1.82, 2.24) is 19.5 Å². The van der Waals surface area contributed by atoms with Gasteiger partial charge in [0.2, 0.25) is 0 Å². The summed E-state index contributed by atoms with van der Waals surface area (Å²) >= 11 is 0. The van der Waals surface area contributed by atoms with Crippen molar-refractivity contribution < 1.29 is 9.90 Å². The van der Waals surface area contributed by atoms with E-state index in [1.54, 1.807) is 6.33 Å². The second-order valence-electron chi connectivity index (χ2n) is 4.60. The van der Waals surface area contributed by atoms with Crippen LogP contribution in [0.5, 0.6) is 0 Å². The molecule has 1 atom stereocenters. The maximum absolute atomic E-state index is 11.3. The van der Waals surface area contributed by atoms with Gasteiger partial charge in [0.15, 0.2) is 11.5 Å². The maximum atomic E-state index is 11.3. The van der Waals surface area contributed by atoms with Crippen LogP contribution in [-0.4, -0.2) is 36.6 Å². The van der Waals surface area contributed by atoms with E-state index in [0.717, 1.165) is 19.4 Å². The van der Waals surface area contributed by atoms with Crippen LogP contribution < -0.4 is 5.32 Å². The molecule has 0 aromatic carbocycles. The highest BCUT2D eigenvalue weighted by Gasteiger charge is 2.19. The van der Waals surface area contributed by atoms with Crippen molar-refractivity contribution in [2.75, 3.05) is 5.32 Å². The van der Waals surface area contributed by atoms with E-state index in [9.17, 15) is 9.90 Å². The van der Waals surface area contributed by atoms with E-state index in [1.807, 2.05) is 18.4 Å². The third kappa shape index (κ3) is 2.87. The number of nitrogens with zero attached hydrogens (tertiary/aromatic N) is 4. The Morgan fingerprint density at radius 3 is 2.85 bits per heavy atom. The van der Waals surface area contributed by atoms with Crippen LogP contribution in [0.1, 0.15) is 33.1 Å². The number of fused-ring (bicyclic) bond motifs is 1. The highest BCUT2D eigenvalue weighted by Crippen LogP contribution is 2.19. The average Bonchev–Trinajstić information content (AvgIpc) is 2.87. The third-order valence-electron chi connectivity index (χ3n) is 3.20. The summed E-state index contributed by atoms with van der Waals surface area (Å²) in [6.07, 6.45) is 5.48. The van der Waals surface area contributed by atoms with Gasteiger partial charge in [0.05, 0.1) is 6.33 Å². The number of anilines is 1. The Morgan fingerprint density at radius 2 is 2.20 bits per heavy atom. The van der Waals surface area contributed by atoms with Crippen LogP contribution in [0.4, 0.5) is 5.82 Å². The molecule has 0 unspecified atom stereocenters. The summed E-state index contributed by atoms with van der Waals surface area (Å²) in [6.45, 7) is 4.79. The molecule has 2 aromatic heterocycles. The second kappa shape index (κ2) is 6.31. The number of hydrogen-bond acceptors (Lipinski definition) is 5. The number of aromatic nitrogens is 4. The van der Waals surface area contributed by atoms with Crippen LogP contribution in [0.2, 0.25) is 0 Å². The molecule has 2 heterocycles. The smallest absolute Gasteiger partial charge is 0.326 e. The summed E-state index contributed by atoms with van der Waals surface area (Å²) in [6, 6.07) is -0.653. The number of carboxylic acid groups (broad SMARTS) is 1. The Balaban J connectivity index is 2.27.